The molecule has 0 fully saturated rings. The third-order valence-corrected chi connectivity index (χ3v) is 11.9. The largest absolute Gasteiger partial charge is 0.317 e. The Hall–Kier alpha value is -7.24. The zero-order valence-electron chi connectivity index (χ0n) is 30.8. The van der Waals surface area contributed by atoms with Gasteiger partial charge in [0.2, 0.25) is 0 Å². The van der Waals surface area contributed by atoms with Crippen molar-refractivity contribution >= 4 is 89.8 Å². The van der Waals surface area contributed by atoms with E-state index in [1.54, 1.807) is 0 Å². The van der Waals surface area contributed by atoms with Gasteiger partial charge in [0.05, 0.1) is 28.1 Å². The lowest BCUT2D eigenvalue weighted by Crippen LogP contribution is -2.59. The zero-order chi connectivity index (χ0) is 36.9. The van der Waals surface area contributed by atoms with E-state index in [2.05, 4.69) is 220 Å². The molecule has 0 N–H and O–H groups in total. The summed E-state index contributed by atoms with van der Waals surface area (Å²) in [5.74, 6) is 0. The van der Waals surface area contributed by atoms with E-state index < -0.39 is 0 Å². The van der Waals surface area contributed by atoms with Crippen molar-refractivity contribution in [1.82, 2.24) is 9.13 Å². The van der Waals surface area contributed by atoms with Crippen LogP contribution in [0.2, 0.25) is 0 Å². The van der Waals surface area contributed by atoms with E-state index in [4.69, 9.17) is 0 Å². The third kappa shape index (κ3) is 4.37. The Bertz CT molecular complexity index is 3070. The molecule has 10 aromatic rings. The summed E-state index contributed by atoms with van der Waals surface area (Å²) in [5, 5.41) is 5.00. The fourth-order valence-corrected chi connectivity index (χ4v) is 9.68. The Kier molecular flexibility index (Phi) is 6.61. The second-order valence-electron chi connectivity index (χ2n) is 15.1. The van der Waals surface area contributed by atoms with E-state index in [1.807, 2.05) is 0 Å². The minimum atomic E-state index is 0.0485. The van der Waals surface area contributed by atoms with Crippen LogP contribution in [0.15, 0.2) is 194 Å². The van der Waals surface area contributed by atoms with Gasteiger partial charge in [0, 0.05) is 57.0 Å². The maximum absolute atomic E-state index is 2.49. The van der Waals surface area contributed by atoms with E-state index >= 15 is 0 Å². The average molecular weight is 715 g/mol. The van der Waals surface area contributed by atoms with Crippen LogP contribution in [0.1, 0.15) is 5.56 Å². The summed E-state index contributed by atoms with van der Waals surface area (Å²) >= 11 is 0. The van der Waals surface area contributed by atoms with Gasteiger partial charge in [-0.1, -0.05) is 109 Å². The van der Waals surface area contributed by atoms with Crippen LogP contribution in [0.25, 0.3) is 44.0 Å². The maximum atomic E-state index is 2.49. The first-order valence-electron chi connectivity index (χ1n) is 19.4. The highest BCUT2D eigenvalue weighted by Crippen LogP contribution is 2.44. The first kappa shape index (κ1) is 31.1. The van der Waals surface area contributed by atoms with Crippen molar-refractivity contribution in [2.75, 3.05) is 9.80 Å². The number of hydrogen-bond acceptors (Lipinski definition) is 2. The second-order valence-corrected chi connectivity index (χ2v) is 15.1. The quantitative estimate of drug-likeness (QED) is 0.160. The SMILES string of the molecule is Cc1ccc2c3c4c(cc2c1)-n1ccc2c(N(c5ccccc5)c5ccccc5)ccc(c21)B4c1ccc(N(c2ccccc2)c2ccccc2)c2ccn-3c12. The number of hydrogen-bond donors (Lipinski definition) is 0. The van der Waals surface area contributed by atoms with Crippen LogP contribution in [0.4, 0.5) is 34.1 Å². The molecule has 0 saturated carbocycles. The highest BCUT2D eigenvalue weighted by atomic mass is 15.2. The number of anilines is 6. The number of fused-ring (bicyclic) bond motifs is 6. The highest BCUT2D eigenvalue weighted by molar-refractivity contribution is 7.00. The summed E-state index contributed by atoms with van der Waals surface area (Å²) in [7, 11) is 0. The summed E-state index contributed by atoms with van der Waals surface area (Å²) in [4.78, 5) is 4.80. The molecule has 0 spiro atoms. The van der Waals surface area contributed by atoms with Crippen molar-refractivity contribution in [3.63, 3.8) is 0 Å². The molecule has 2 aromatic heterocycles. The molecule has 0 bridgehead atoms. The second kappa shape index (κ2) is 11.9. The number of nitrogens with zero attached hydrogens (tertiary/aromatic N) is 4. The molecule has 5 heteroatoms. The molecule has 262 valence electrons. The number of benzene rings is 8. The maximum Gasteiger partial charge on any atom is 0.252 e. The molecule has 2 aliphatic heterocycles. The van der Waals surface area contributed by atoms with Crippen molar-refractivity contribution in [1.29, 1.82) is 0 Å². The predicted molar refractivity (Wildman–Crippen MR) is 236 cm³/mol. The molecule has 4 heterocycles. The molecule has 8 aromatic carbocycles. The van der Waals surface area contributed by atoms with Crippen LogP contribution in [0, 0.1) is 6.92 Å². The molecule has 0 aliphatic carbocycles. The van der Waals surface area contributed by atoms with Gasteiger partial charge in [-0.3, -0.25) is 0 Å². The fraction of sp³-hybridized carbons (Fsp3) is 0.0196. The van der Waals surface area contributed by atoms with Gasteiger partial charge < -0.3 is 18.9 Å². The van der Waals surface area contributed by atoms with Gasteiger partial charge >= 0.3 is 0 Å². The van der Waals surface area contributed by atoms with Crippen molar-refractivity contribution in [3.05, 3.63) is 200 Å². The molecule has 4 nitrogen and oxygen atoms in total. The monoisotopic (exact) mass is 714 g/mol. The van der Waals surface area contributed by atoms with E-state index in [0.29, 0.717) is 0 Å². The van der Waals surface area contributed by atoms with E-state index in [-0.39, 0.29) is 6.71 Å². The van der Waals surface area contributed by atoms with Crippen LogP contribution in [0.3, 0.4) is 0 Å². The lowest BCUT2D eigenvalue weighted by atomic mass is 9.34. The molecule has 12 rings (SSSR count). The predicted octanol–water partition coefficient (Wildman–Crippen LogP) is 11.1. The first-order valence-corrected chi connectivity index (χ1v) is 19.4. The number of aryl methyl sites for hydroxylation is 1. The van der Waals surface area contributed by atoms with Gasteiger partial charge in [0.25, 0.3) is 6.71 Å². The summed E-state index contributed by atoms with van der Waals surface area (Å²) in [6.07, 6.45) is 4.60. The van der Waals surface area contributed by atoms with Gasteiger partial charge in [-0.15, -0.1) is 0 Å². The molecular formula is C51H35BN4. The number of aromatic nitrogens is 2. The van der Waals surface area contributed by atoms with Crippen molar-refractivity contribution in [2.24, 2.45) is 0 Å². The Morgan fingerprint density at radius 3 is 1.39 bits per heavy atom. The van der Waals surface area contributed by atoms with Crippen LogP contribution < -0.4 is 26.2 Å². The molecular weight excluding hydrogens is 679 g/mol. The normalized spacial score (nSPS) is 12.3. The smallest absolute Gasteiger partial charge is 0.252 e. The van der Waals surface area contributed by atoms with Crippen LogP contribution in [-0.4, -0.2) is 15.8 Å². The van der Waals surface area contributed by atoms with Crippen LogP contribution >= 0.6 is 0 Å². The highest BCUT2D eigenvalue weighted by Gasteiger charge is 2.41. The van der Waals surface area contributed by atoms with E-state index in [9.17, 15) is 0 Å². The molecule has 0 saturated heterocycles. The van der Waals surface area contributed by atoms with Crippen molar-refractivity contribution in [3.8, 4) is 11.4 Å². The summed E-state index contributed by atoms with van der Waals surface area (Å²) < 4.78 is 4.95. The van der Waals surface area contributed by atoms with E-state index in [0.717, 1.165) is 22.7 Å². The van der Waals surface area contributed by atoms with Crippen molar-refractivity contribution in [2.45, 2.75) is 6.92 Å². The minimum absolute atomic E-state index is 0.0485. The van der Waals surface area contributed by atoms with Crippen LogP contribution in [-0.2, 0) is 0 Å². The van der Waals surface area contributed by atoms with E-state index in [1.165, 1.54) is 77.3 Å². The van der Waals surface area contributed by atoms with Gasteiger partial charge in [-0.05, 0) is 108 Å². The Morgan fingerprint density at radius 1 is 0.429 bits per heavy atom. The minimum Gasteiger partial charge on any atom is -0.317 e. The summed E-state index contributed by atoms with van der Waals surface area (Å²) in [5.41, 5.74) is 17.2. The Balaban J connectivity index is 1.16. The molecule has 0 amide bonds. The van der Waals surface area contributed by atoms with Gasteiger partial charge in [0.1, 0.15) is 0 Å². The fourth-order valence-electron chi connectivity index (χ4n) is 9.68. The molecule has 0 unspecified atom stereocenters. The summed E-state index contributed by atoms with van der Waals surface area (Å²) in [6, 6.07) is 66.5. The number of rotatable bonds is 6. The Morgan fingerprint density at radius 2 is 0.893 bits per heavy atom. The third-order valence-electron chi connectivity index (χ3n) is 11.9. The first-order chi connectivity index (χ1) is 27.7. The summed E-state index contributed by atoms with van der Waals surface area (Å²) in [6.45, 7) is 2.24. The van der Waals surface area contributed by atoms with Crippen molar-refractivity contribution < 1.29 is 0 Å². The molecule has 56 heavy (non-hydrogen) atoms. The molecule has 0 radical (unpaired) electrons. The number of para-hydroxylation sites is 4. The van der Waals surface area contributed by atoms with Gasteiger partial charge in [-0.2, -0.15) is 0 Å². The molecule has 0 atom stereocenters. The molecule has 2 aliphatic rings. The lowest BCUT2D eigenvalue weighted by Gasteiger charge is -2.35. The average Bonchev–Trinajstić information content (AvgIpc) is 3.90. The van der Waals surface area contributed by atoms with Gasteiger partial charge in [-0.25, -0.2) is 0 Å². The topological polar surface area (TPSA) is 16.3 Å². The van der Waals surface area contributed by atoms with Gasteiger partial charge in [0.15, 0.2) is 0 Å². The Labute approximate surface area is 325 Å². The standard InChI is InChI=1S/C51H35BN4/c1-34-22-23-40-35(32-34)33-47-48-51(40)54-31-29-42-46(56(38-18-10-4-11-19-38)39-20-12-5-13-21-39)27-25-44(50(42)54)52(48)43-24-26-45(41-28-30-53(47)49(41)43)55(36-14-6-2-7-15-36)37-16-8-3-9-17-37/h2-33H,1H3. The zero-order valence-corrected chi connectivity index (χ0v) is 30.8. The van der Waals surface area contributed by atoms with Crippen LogP contribution in [0.5, 0.6) is 0 Å². The lowest BCUT2D eigenvalue weighted by molar-refractivity contribution is 1.11.